The standard InChI is InChI=1S/C18H18N4O4S/c1-10-7-14(10)15-4-3-12(26-15)8-19-22-17(13-5-6-25-11(13)2)20-21-18(22)27-9-16(23)24/h3-6,8,10,14H,7,9H2,1-2H3,(H,23,24)/b19-8-/t10-,14-/m0/s1. The highest BCUT2D eigenvalue weighted by Crippen LogP contribution is 2.47. The molecule has 0 saturated heterocycles. The number of rotatable bonds is 7. The summed E-state index contributed by atoms with van der Waals surface area (Å²) >= 11 is 1.05. The minimum absolute atomic E-state index is 0.136. The number of aliphatic carboxylic acids is 1. The summed E-state index contributed by atoms with van der Waals surface area (Å²) in [5.41, 5.74) is 0.744. The number of carbonyl (C=O) groups is 1. The molecule has 0 spiro atoms. The molecule has 1 saturated carbocycles. The van der Waals surface area contributed by atoms with Crippen molar-refractivity contribution in [3.63, 3.8) is 0 Å². The fourth-order valence-corrected chi connectivity index (χ4v) is 3.45. The van der Waals surface area contributed by atoms with E-state index in [1.807, 2.05) is 19.1 Å². The predicted molar refractivity (Wildman–Crippen MR) is 99.0 cm³/mol. The second-order valence-corrected chi connectivity index (χ2v) is 7.44. The van der Waals surface area contributed by atoms with Crippen molar-refractivity contribution in [1.82, 2.24) is 14.9 Å². The van der Waals surface area contributed by atoms with Crippen molar-refractivity contribution in [2.75, 3.05) is 5.75 Å². The van der Waals surface area contributed by atoms with Crippen LogP contribution in [0.25, 0.3) is 11.4 Å². The molecule has 140 valence electrons. The molecule has 2 atom stereocenters. The molecule has 8 nitrogen and oxygen atoms in total. The van der Waals surface area contributed by atoms with Gasteiger partial charge in [-0.05, 0) is 37.5 Å². The van der Waals surface area contributed by atoms with Gasteiger partial charge in [0.1, 0.15) is 17.3 Å². The molecule has 3 heterocycles. The van der Waals surface area contributed by atoms with Crippen molar-refractivity contribution >= 4 is 23.9 Å². The third-order valence-corrected chi connectivity index (χ3v) is 5.36. The van der Waals surface area contributed by atoms with Crippen LogP contribution in [-0.4, -0.2) is 37.9 Å². The number of aromatic nitrogens is 3. The third-order valence-electron chi connectivity index (χ3n) is 4.46. The van der Waals surface area contributed by atoms with E-state index in [2.05, 4.69) is 22.2 Å². The molecule has 1 N–H and O–H groups in total. The predicted octanol–water partition coefficient (Wildman–Crippen LogP) is 3.62. The highest BCUT2D eigenvalue weighted by molar-refractivity contribution is 7.99. The Labute approximate surface area is 159 Å². The number of carboxylic acid groups (broad SMARTS) is 1. The van der Waals surface area contributed by atoms with Crippen LogP contribution in [0.1, 0.15) is 36.5 Å². The zero-order valence-corrected chi connectivity index (χ0v) is 15.6. The van der Waals surface area contributed by atoms with Crippen LogP contribution in [0.4, 0.5) is 0 Å². The Morgan fingerprint density at radius 1 is 1.44 bits per heavy atom. The summed E-state index contributed by atoms with van der Waals surface area (Å²) in [7, 11) is 0. The normalized spacial score (nSPS) is 19.0. The number of thioether (sulfide) groups is 1. The number of nitrogens with zero attached hydrogens (tertiary/aromatic N) is 4. The zero-order chi connectivity index (χ0) is 19.0. The molecule has 0 bridgehead atoms. The lowest BCUT2D eigenvalue weighted by Gasteiger charge is -2.02. The fourth-order valence-electron chi connectivity index (χ4n) is 2.84. The summed E-state index contributed by atoms with van der Waals surface area (Å²) in [6.07, 6.45) is 4.30. The first-order valence-electron chi connectivity index (χ1n) is 8.51. The molecule has 0 aromatic carbocycles. The summed E-state index contributed by atoms with van der Waals surface area (Å²) in [6.45, 7) is 4.02. The van der Waals surface area contributed by atoms with Gasteiger partial charge < -0.3 is 13.9 Å². The maximum Gasteiger partial charge on any atom is 0.313 e. The lowest BCUT2D eigenvalue weighted by molar-refractivity contribution is -0.133. The number of carboxylic acids is 1. The van der Waals surface area contributed by atoms with E-state index < -0.39 is 5.97 Å². The van der Waals surface area contributed by atoms with E-state index >= 15 is 0 Å². The highest BCUT2D eigenvalue weighted by atomic mass is 32.2. The van der Waals surface area contributed by atoms with Crippen LogP contribution < -0.4 is 0 Å². The summed E-state index contributed by atoms with van der Waals surface area (Å²) in [6, 6.07) is 5.63. The molecular formula is C18H18N4O4S. The Kier molecular flexibility index (Phi) is 4.61. The number of aryl methyl sites for hydroxylation is 1. The lowest BCUT2D eigenvalue weighted by atomic mass is 10.2. The maximum absolute atomic E-state index is 10.9. The summed E-state index contributed by atoms with van der Waals surface area (Å²) < 4.78 is 12.7. The second kappa shape index (κ2) is 7.07. The molecule has 0 aliphatic heterocycles. The topological polar surface area (TPSA) is 107 Å². The highest BCUT2D eigenvalue weighted by Gasteiger charge is 2.36. The Balaban J connectivity index is 1.64. The molecule has 3 aromatic rings. The van der Waals surface area contributed by atoms with E-state index in [-0.39, 0.29) is 5.75 Å². The van der Waals surface area contributed by atoms with Crippen LogP contribution in [-0.2, 0) is 4.79 Å². The van der Waals surface area contributed by atoms with Crippen molar-refractivity contribution < 1.29 is 18.7 Å². The van der Waals surface area contributed by atoms with Gasteiger partial charge >= 0.3 is 5.97 Å². The van der Waals surface area contributed by atoms with Crippen LogP contribution in [0, 0.1) is 12.8 Å². The van der Waals surface area contributed by atoms with Crippen molar-refractivity contribution in [3.05, 3.63) is 41.7 Å². The first kappa shape index (κ1) is 17.6. The van der Waals surface area contributed by atoms with Gasteiger partial charge in [0, 0.05) is 5.92 Å². The average Bonchev–Trinajstić information content (AvgIpc) is 3.03. The fraction of sp³-hybridized carbons (Fsp3) is 0.333. The van der Waals surface area contributed by atoms with Crippen molar-refractivity contribution in [1.29, 1.82) is 0 Å². The van der Waals surface area contributed by atoms with Crippen LogP contribution in [0.2, 0.25) is 0 Å². The molecule has 0 radical (unpaired) electrons. The van der Waals surface area contributed by atoms with E-state index in [4.69, 9.17) is 13.9 Å². The van der Waals surface area contributed by atoms with Gasteiger partial charge in [0.15, 0.2) is 5.82 Å². The van der Waals surface area contributed by atoms with E-state index in [0.29, 0.717) is 34.3 Å². The zero-order valence-electron chi connectivity index (χ0n) is 14.8. The Morgan fingerprint density at radius 2 is 2.26 bits per heavy atom. The quantitative estimate of drug-likeness (QED) is 0.488. The molecule has 3 aromatic heterocycles. The minimum Gasteiger partial charge on any atom is -0.481 e. The van der Waals surface area contributed by atoms with E-state index in [1.54, 1.807) is 18.5 Å². The van der Waals surface area contributed by atoms with Gasteiger partial charge in [-0.1, -0.05) is 18.7 Å². The number of hydrogen-bond acceptors (Lipinski definition) is 7. The molecule has 1 fully saturated rings. The third kappa shape index (κ3) is 3.68. The molecular weight excluding hydrogens is 368 g/mol. The van der Waals surface area contributed by atoms with E-state index in [9.17, 15) is 4.79 Å². The van der Waals surface area contributed by atoms with Crippen LogP contribution >= 0.6 is 11.8 Å². The molecule has 1 aliphatic rings. The van der Waals surface area contributed by atoms with Crippen molar-refractivity contribution in [3.8, 4) is 11.4 Å². The Morgan fingerprint density at radius 3 is 2.93 bits per heavy atom. The monoisotopic (exact) mass is 386 g/mol. The Hall–Kier alpha value is -2.81. The Bertz CT molecular complexity index is 1000. The molecule has 0 amide bonds. The number of furan rings is 2. The number of hydrogen-bond donors (Lipinski definition) is 1. The van der Waals surface area contributed by atoms with Gasteiger partial charge in [-0.15, -0.1) is 10.2 Å². The minimum atomic E-state index is -0.936. The molecule has 27 heavy (non-hydrogen) atoms. The van der Waals surface area contributed by atoms with Gasteiger partial charge in [0.2, 0.25) is 5.16 Å². The molecule has 4 rings (SSSR count). The average molecular weight is 386 g/mol. The smallest absolute Gasteiger partial charge is 0.313 e. The van der Waals surface area contributed by atoms with Crippen LogP contribution in [0.15, 0.2) is 43.6 Å². The van der Waals surface area contributed by atoms with Gasteiger partial charge in [0.25, 0.3) is 0 Å². The summed E-state index contributed by atoms with van der Waals surface area (Å²) in [5.74, 6) is 2.84. The lowest BCUT2D eigenvalue weighted by Crippen LogP contribution is -2.01. The van der Waals surface area contributed by atoms with Gasteiger partial charge in [-0.25, -0.2) is 0 Å². The second-order valence-electron chi connectivity index (χ2n) is 6.50. The molecule has 0 unspecified atom stereocenters. The molecule has 1 aliphatic carbocycles. The van der Waals surface area contributed by atoms with Gasteiger partial charge in [-0.3, -0.25) is 4.79 Å². The van der Waals surface area contributed by atoms with E-state index in [1.165, 1.54) is 4.68 Å². The SMILES string of the molecule is Cc1occc1-c1nnc(SCC(=O)O)n1/N=C\c1ccc([C@H]2C[C@@H]2C)o1. The van der Waals surface area contributed by atoms with Crippen LogP contribution in [0.5, 0.6) is 0 Å². The van der Waals surface area contributed by atoms with Gasteiger partial charge in [-0.2, -0.15) is 9.78 Å². The largest absolute Gasteiger partial charge is 0.481 e. The summed E-state index contributed by atoms with van der Waals surface area (Å²) in [4.78, 5) is 10.9. The van der Waals surface area contributed by atoms with Crippen LogP contribution in [0.3, 0.4) is 0 Å². The first-order valence-corrected chi connectivity index (χ1v) is 9.50. The maximum atomic E-state index is 10.9. The van der Waals surface area contributed by atoms with Gasteiger partial charge in [0.05, 0.1) is 23.8 Å². The molecule has 9 heteroatoms. The van der Waals surface area contributed by atoms with Crippen molar-refractivity contribution in [2.45, 2.75) is 31.3 Å². The van der Waals surface area contributed by atoms with E-state index in [0.717, 1.165) is 29.5 Å². The summed E-state index contributed by atoms with van der Waals surface area (Å²) in [5, 5.41) is 22.0. The van der Waals surface area contributed by atoms with Crippen molar-refractivity contribution in [2.24, 2.45) is 11.0 Å². The first-order chi connectivity index (χ1) is 13.0.